The van der Waals surface area contributed by atoms with Crippen LogP contribution >= 0.6 is 0 Å². The molecule has 2 nitrogen and oxygen atoms in total. The zero-order chi connectivity index (χ0) is 9.52. The summed E-state index contributed by atoms with van der Waals surface area (Å²) < 4.78 is 0. The second-order valence-electron chi connectivity index (χ2n) is 4.25. The summed E-state index contributed by atoms with van der Waals surface area (Å²) >= 11 is 0. The average Bonchev–Trinajstić information content (AvgIpc) is 2.52. The molecule has 0 aliphatic heterocycles. The quantitative estimate of drug-likeness (QED) is 0.620. The average molecular weight is 185 g/mol. The van der Waals surface area contributed by atoms with E-state index in [1.165, 1.54) is 25.7 Å². The summed E-state index contributed by atoms with van der Waals surface area (Å²) in [5.41, 5.74) is 0. The molecule has 78 valence electrons. The maximum Gasteiger partial charge on any atom is 0.0431 e. The van der Waals surface area contributed by atoms with Crippen molar-refractivity contribution < 1.29 is 5.11 Å². The highest BCUT2D eigenvalue weighted by Gasteiger charge is 2.21. The lowest BCUT2D eigenvalue weighted by atomic mass is 10.1. The van der Waals surface area contributed by atoms with E-state index in [1.54, 1.807) is 0 Å². The molecule has 0 amide bonds. The van der Waals surface area contributed by atoms with Crippen LogP contribution in [0, 0.1) is 5.92 Å². The van der Waals surface area contributed by atoms with Gasteiger partial charge in [0.2, 0.25) is 0 Å². The normalized spacial score (nSPS) is 28.2. The van der Waals surface area contributed by atoms with Crippen LogP contribution in [0.2, 0.25) is 0 Å². The van der Waals surface area contributed by atoms with E-state index in [9.17, 15) is 0 Å². The predicted octanol–water partition coefficient (Wildman–Crippen LogP) is 1.93. The van der Waals surface area contributed by atoms with E-state index in [0.717, 1.165) is 31.3 Å². The Morgan fingerprint density at radius 3 is 2.69 bits per heavy atom. The van der Waals surface area contributed by atoms with E-state index >= 15 is 0 Å². The predicted molar refractivity (Wildman–Crippen MR) is 55.7 cm³/mol. The first-order valence-corrected chi connectivity index (χ1v) is 5.69. The second-order valence-corrected chi connectivity index (χ2v) is 4.25. The molecule has 0 radical (unpaired) electrons. The Labute approximate surface area is 81.7 Å². The van der Waals surface area contributed by atoms with Crippen LogP contribution in [0.4, 0.5) is 0 Å². The van der Waals surface area contributed by atoms with Crippen molar-refractivity contribution in [3.05, 3.63) is 0 Å². The highest BCUT2D eigenvalue weighted by molar-refractivity contribution is 4.79. The topological polar surface area (TPSA) is 32.3 Å². The fourth-order valence-corrected chi connectivity index (χ4v) is 2.15. The summed E-state index contributed by atoms with van der Waals surface area (Å²) in [6, 6.07) is 0.772. The zero-order valence-electron chi connectivity index (χ0n) is 8.76. The second kappa shape index (κ2) is 6.39. The molecule has 2 unspecified atom stereocenters. The molecule has 0 spiro atoms. The minimum Gasteiger partial charge on any atom is -0.396 e. The molecule has 0 aromatic rings. The van der Waals surface area contributed by atoms with Crippen molar-refractivity contribution in [1.29, 1.82) is 0 Å². The molecule has 0 heterocycles. The van der Waals surface area contributed by atoms with Crippen molar-refractivity contribution in [1.82, 2.24) is 5.32 Å². The number of aliphatic hydroxyl groups excluding tert-OH is 1. The molecule has 1 saturated carbocycles. The number of hydrogen-bond acceptors (Lipinski definition) is 2. The molecule has 0 bridgehead atoms. The van der Waals surface area contributed by atoms with Crippen LogP contribution in [0.3, 0.4) is 0 Å². The van der Waals surface area contributed by atoms with E-state index in [-0.39, 0.29) is 0 Å². The van der Waals surface area contributed by atoms with Crippen LogP contribution in [-0.4, -0.2) is 24.3 Å². The molecule has 1 aliphatic rings. The van der Waals surface area contributed by atoms with Gasteiger partial charge in [-0.25, -0.2) is 0 Å². The fourth-order valence-electron chi connectivity index (χ4n) is 2.15. The van der Waals surface area contributed by atoms with Gasteiger partial charge in [-0.3, -0.25) is 0 Å². The third-order valence-corrected chi connectivity index (χ3v) is 3.10. The van der Waals surface area contributed by atoms with Crippen molar-refractivity contribution in [2.24, 2.45) is 5.92 Å². The number of nitrogens with one attached hydrogen (secondary N) is 1. The van der Waals surface area contributed by atoms with Gasteiger partial charge in [0.25, 0.3) is 0 Å². The van der Waals surface area contributed by atoms with E-state index < -0.39 is 0 Å². The number of hydrogen-bond donors (Lipinski definition) is 2. The lowest BCUT2D eigenvalue weighted by molar-refractivity contribution is 0.282. The maximum absolute atomic E-state index is 8.60. The van der Waals surface area contributed by atoms with E-state index in [0.29, 0.717) is 6.61 Å². The van der Waals surface area contributed by atoms with Crippen LogP contribution in [0.25, 0.3) is 0 Å². The molecule has 13 heavy (non-hydrogen) atoms. The van der Waals surface area contributed by atoms with Crippen molar-refractivity contribution >= 4 is 0 Å². The Balaban J connectivity index is 1.93. The van der Waals surface area contributed by atoms with Crippen molar-refractivity contribution in [3.8, 4) is 0 Å². The highest BCUT2D eigenvalue weighted by Crippen LogP contribution is 2.24. The van der Waals surface area contributed by atoms with Gasteiger partial charge in [-0.2, -0.15) is 0 Å². The largest absolute Gasteiger partial charge is 0.396 e. The highest BCUT2D eigenvalue weighted by atomic mass is 16.2. The van der Waals surface area contributed by atoms with Gasteiger partial charge in [0.05, 0.1) is 0 Å². The van der Waals surface area contributed by atoms with Crippen LogP contribution in [0.5, 0.6) is 0 Å². The standard InChI is InChI=1S/C11H23NO/c1-10-6-5-7-11(10)12-8-3-2-4-9-13/h10-13H,2-9H2,1H3. The molecule has 1 fully saturated rings. The molecular weight excluding hydrogens is 162 g/mol. The van der Waals surface area contributed by atoms with Gasteiger partial charge in [-0.1, -0.05) is 13.3 Å². The minimum absolute atomic E-state index is 0.347. The minimum atomic E-state index is 0.347. The monoisotopic (exact) mass is 185 g/mol. The van der Waals surface area contributed by atoms with E-state index in [4.69, 9.17) is 5.11 Å². The van der Waals surface area contributed by atoms with Crippen LogP contribution < -0.4 is 5.32 Å². The molecule has 0 saturated heterocycles. The lowest BCUT2D eigenvalue weighted by Gasteiger charge is -2.16. The van der Waals surface area contributed by atoms with Crippen molar-refractivity contribution in [2.45, 2.75) is 51.5 Å². The molecular formula is C11H23NO. The summed E-state index contributed by atoms with van der Waals surface area (Å²) in [5, 5.41) is 12.2. The molecule has 1 rings (SSSR count). The Morgan fingerprint density at radius 1 is 1.23 bits per heavy atom. The molecule has 2 atom stereocenters. The fraction of sp³-hybridized carbons (Fsp3) is 1.00. The van der Waals surface area contributed by atoms with Gasteiger partial charge in [0.15, 0.2) is 0 Å². The van der Waals surface area contributed by atoms with Crippen LogP contribution in [-0.2, 0) is 0 Å². The van der Waals surface area contributed by atoms with Gasteiger partial charge in [-0.05, 0) is 44.6 Å². The smallest absolute Gasteiger partial charge is 0.0431 e. The van der Waals surface area contributed by atoms with Gasteiger partial charge in [-0.15, -0.1) is 0 Å². The summed E-state index contributed by atoms with van der Waals surface area (Å²) in [7, 11) is 0. The summed E-state index contributed by atoms with van der Waals surface area (Å²) in [5.74, 6) is 0.873. The molecule has 1 aliphatic carbocycles. The van der Waals surface area contributed by atoms with E-state index in [1.807, 2.05) is 0 Å². The molecule has 2 N–H and O–H groups in total. The lowest BCUT2D eigenvalue weighted by Crippen LogP contribution is -2.31. The van der Waals surface area contributed by atoms with Gasteiger partial charge in [0, 0.05) is 12.6 Å². The van der Waals surface area contributed by atoms with Gasteiger partial charge < -0.3 is 10.4 Å². The molecule has 2 heteroatoms. The van der Waals surface area contributed by atoms with Gasteiger partial charge in [0.1, 0.15) is 0 Å². The van der Waals surface area contributed by atoms with Crippen LogP contribution in [0.1, 0.15) is 45.4 Å². The van der Waals surface area contributed by atoms with Gasteiger partial charge >= 0.3 is 0 Å². The SMILES string of the molecule is CC1CCCC1NCCCCCO. The maximum atomic E-state index is 8.60. The number of rotatable bonds is 6. The first-order chi connectivity index (χ1) is 6.34. The third kappa shape index (κ3) is 4.10. The Hall–Kier alpha value is -0.0800. The first kappa shape index (κ1) is 11.0. The Kier molecular flexibility index (Phi) is 5.40. The van der Waals surface area contributed by atoms with E-state index in [2.05, 4.69) is 12.2 Å². The Bertz CT molecular complexity index is 127. The van der Waals surface area contributed by atoms with Crippen LogP contribution in [0.15, 0.2) is 0 Å². The number of unbranched alkanes of at least 4 members (excludes halogenated alkanes) is 2. The number of aliphatic hydroxyl groups is 1. The molecule has 0 aromatic heterocycles. The summed E-state index contributed by atoms with van der Waals surface area (Å²) in [6.45, 7) is 3.83. The zero-order valence-corrected chi connectivity index (χ0v) is 8.76. The van der Waals surface area contributed by atoms with Crippen molar-refractivity contribution in [2.75, 3.05) is 13.2 Å². The summed E-state index contributed by atoms with van der Waals surface area (Å²) in [4.78, 5) is 0. The Morgan fingerprint density at radius 2 is 2.08 bits per heavy atom. The van der Waals surface area contributed by atoms with Crippen molar-refractivity contribution in [3.63, 3.8) is 0 Å². The first-order valence-electron chi connectivity index (χ1n) is 5.69. The molecule has 0 aromatic carbocycles. The summed E-state index contributed by atoms with van der Waals surface area (Å²) in [6.07, 6.45) is 7.49. The third-order valence-electron chi connectivity index (χ3n) is 3.10.